The highest BCUT2D eigenvalue weighted by molar-refractivity contribution is 7.15. The molecular formula is C10H12O6S. The van der Waals surface area contributed by atoms with Crippen molar-refractivity contribution in [3.05, 3.63) is 21.9 Å². The van der Waals surface area contributed by atoms with E-state index in [1.54, 1.807) is 0 Å². The Labute approximate surface area is 101 Å². The predicted molar refractivity (Wildman–Crippen MR) is 59.1 cm³/mol. The quantitative estimate of drug-likeness (QED) is 0.702. The summed E-state index contributed by atoms with van der Waals surface area (Å²) in [4.78, 5) is 23.2. The van der Waals surface area contributed by atoms with E-state index in [1.807, 2.05) is 0 Å². The Balaban J connectivity index is 2.58. The molecule has 0 aliphatic heterocycles. The van der Waals surface area contributed by atoms with Gasteiger partial charge in [0.05, 0.1) is 13.2 Å². The number of aliphatic hydroxyl groups is 2. The van der Waals surface area contributed by atoms with Crippen LogP contribution in [0.5, 0.6) is 0 Å². The summed E-state index contributed by atoms with van der Waals surface area (Å²) >= 11 is 0.938. The van der Waals surface area contributed by atoms with E-state index in [-0.39, 0.29) is 36.2 Å². The van der Waals surface area contributed by atoms with Crippen molar-refractivity contribution in [3.8, 4) is 0 Å². The van der Waals surface area contributed by atoms with Gasteiger partial charge in [0.1, 0.15) is 23.0 Å². The first-order chi connectivity index (χ1) is 8.19. The second-order valence-corrected chi connectivity index (χ2v) is 3.97. The molecule has 2 N–H and O–H groups in total. The number of esters is 2. The molecule has 7 heteroatoms. The van der Waals surface area contributed by atoms with E-state index >= 15 is 0 Å². The first-order valence-electron chi connectivity index (χ1n) is 4.85. The summed E-state index contributed by atoms with van der Waals surface area (Å²) in [6.45, 7) is -0.660. The normalized spacial score (nSPS) is 10.0. The first kappa shape index (κ1) is 13.6. The maximum atomic E-state index is 11.3. The summed E-state index contributed by atoms with van der Waals surface area (Å²) in [6, 6.07) is 2.89. The van der Waals surface area contributed by atoms with Gasteiger partial charge in [-0.3, -0.25) is 0 Å². The van der Waals surface area contributed by atoms with E-state index in [1.165, 1.54) is 12.1 Å². The Hall–Kier alpha value is -1.44. The molecule has 0 amide bonds. The van der Waals surface area contributed by atoms with Gasteiger partial charge in [0.25, 0.3) is 0 Å². The van der Waals surface area contributed by atoms with Crippen molar-refractivity contribution in [1.29, 1.82) is 0 Å². The average Bonchev–Trinajstić information content (AvgIpc) is 2.82. The fourth-order valence-corrected chi connectivity index (χ4v) is 1.77. The standard InChI is InChI=1S/C10H12O6S/c11-3-5-15-9(13)7-1-2-8(17-7)10(14)16-6-4-12/h1-2,11-12H,3-6H2. The van der Waals surface area contributed by atoms with Gasteiger partial charge in [-0.1, -0.05) is 0 Å². The van der Waals surface area contributed by atoms with E-state index < -0.39 is 11.9 Å². The molecule has 6 nitrogen and oxygen atoms in total. The maximum absolute atomic E-state index is 11.3. The van der Waals surface area contributed by atoms with Crippen LogP contribution in [-0.4, -0.2) is 48.6 Å². The number of carbonyl (C=O) groups excluding carboxylic acids is 2. The van der Waals surface area contributed by atoms with Crippen LogP contribution < -0.4 is 0 Å². The Morgan fingerprint density at radius 3 is 1.76 bits per heavy atom. The highest BCUT2D eigenvalue weighted by atomic mass is 32.1. The average molecular weight is 260 g/mol. The van der Waals surface area contributed by atoms with Crippen LogP contribution in [0.4, 0.5) is 0 Å². The molecule has 0 unspecified atom stereocenters. The number of rotatable bonds is 6. The lowest BCUT2D eigenvalue weighted by Crippen LogP contribution is -2.08. The van der Waals surface area contributed by atoms with E-state index in [9.17, 15) is 9.59 Å². The fourth-order valence-electron chi connectivity index (χ4n) is 0.976. The van der Waals surface area contributed by atoms with Crippen molar-refractivity contribution in [2.75, 3.05) is 26.4 Å². The molecule has 1 rings (SSSR count). The number of ether oxygens (including phenoxy) is 2. The van der Waals surface area contributed by atoms with E-state index in [4.69, 9.17) is 10.2 Å². The van der Waals surface area contributed by atoms with Crippen molar-refractivity contribution in [2.24, 2.45) is 0 Å². The SMILES string of the molecule is O=C(OCCO)c1ccc(C(=O)OCCO)s1. The molecule has 17 heavy (non-hydrogen) atoms. The lowest BCUT2D eigenvalue weighted by atomic mass is 10.4. The molecule has 0 spiro atoms. The van der Waals surface area contributed by atoms with Gasteiger partial charge >= 0.3 is 11.9 Å². The van der Waals surface area contributed by atoms with Crippen molar-refractivity contribution in [2.45, 2.75) is 0 Å². The molecule has 1 aromatic heterocycles. The van der Waals surface area contributed by atoms with Gasteiger partial charge in [0, 0.05) is 0 Å². The second-order valence-electron chi connectivity index (χ2n) is 2.88. The topological polar surface area (TPSA) is 93.1 Å². The molecular weight excluding hydrogens is 248 g/mol. The molecule has 0 aromatic carbocycles. The summed E-state index contributed by atoms with van der Waals surface area (Å²) in [5.74, 6) is -1.18. The number of hydrogen-bond acceptors (Lipinski definition) is 7. The molecule has 0 saturated heterocycles. The summed E-state index contributed by atoms with van der Waals surface area (Å²) in [7, 11) is 0. The van der Waals surface area contributed by atoms with E-state index in [0.717, 1.165) is 11.3 Å². The Morgan fingerprint density at radius 1 is 1.00 bits per heavy atom. The van der Waals surface area contributed by atoms with Crippen LogP contribution in [-0.2, 0) is 9.47 Å². The minimum Gasteiger partial charge on any atom is -0.459 e. The molecule has 0 bridgehead atoms. The fraction of sp³-hybridized carbons (Fsp3) is 0.400. The Morgan fingerprint density at radius 2 is 1.41 bits per heavy atom. The zero-order valence-electron chi connectivity index (χ0n) is 8.92. The van der Waals surface area contributed by atoms with Crippen molar-refractivity contribution < 1.29 is 29.3 Å². The van der Waals surface area contributed by atoms with Crippen molar-refractivity contribution >= 4 is 23.3 Å². The van der Waals surface area contributed by atoms with Crippen molar-refractivity contribution in [3.63, 3.8) is 0 Å². The molecule has 0 atom stereocenters. The molecule has 94 valence electrons. The molecule has 1 heterocycles. The third-order valence-electron chi connectivity index (χ3n) is 1.66. The molecule has 0 radical (unpaired) electrons. The number of aliphatic hydroxyl groups excluding tert-OH is 2. The minimum atomic E-state index is -0.592. The zero-order valence-corrected chi connectivity index (χ0v) is 9.74. The van der Waals surface area contributed by atoms with Crippen LogP contribution in [0.2, 0.25) is 0 Å². The summed E-state index contributed by atoms with van der Waals surface area (Å²) in [5.41, 5.74) is 0. The predicted octanol–water partition coefficient (Wildman–Crippen LogP) is 0.0463. The number of carbonyl (C=O) groups is 2. The summed E-state index contributed by atoms with van der Waals surface area (Å²) < 4.78 is 9.36. The van der Waals surface area contributed by atoms with Gasteiger partial charge < -0.3 is 19.7 Å². The molecule has 1 aromatic rings. The minimum absolute atomic E-state index is 0.0823. The lowest BCUT2D eigenvalue weighted by Gasteiger charge is -2.00. The van der Waals surface area contributed by atoms with Gasteiger partial charge in [0.2, 0.25) is 0 Å². The smallest absolute Gasteiger partial charge is 0.348 e. The largest absolute Gasteiger partial charge is 0.459 e. The maximum Gasteiger partial charge on any atom is 0.348 e. The highest BCUT2D eigenvalue weighted by Gasteiger charge is 2.15. The third kappa shape index (κ3) is 4.14. The number of hydrogen-bond donors (Lipinski definition) is 2. The van der Waals surface area contributed by atoms with Gasteiger partial charge in [-0.2, -0.15) is 0 Å². The van der Waals surface area contributed by atoms with Gasteiger partial charge in [0.15, 0.2) is 0 Å². The van der Waals surface area contributed by atoms with Gasteiger partial charge in [-0.05, 0) is 12.1 Å². The van der Waals surface area contributed by atoms with Crippen LogP contribution in [0.25, 0.3) is 0 Å². The molecule has 0 saturated carbocycles. The van der Waals surface area contributed by atoms with E-state index in [2.05, 4.69) is 9.47 Å². The zero-order chi connectivity index (χ0) is 12.7. The highest BCUT2D eigenvalue weighted by Crippen LogP contribution is 2.18. The number of thiophene rings is 1. The van der Waals surface area contributed by atoms with E-state index in [0.29, 0.717) is 0 Å². The monoisotopic (exact) mass is 260 g/mol. The summed E-state index contributed by atoms with van der Waals surface area (Å²) in [6.07, 6.45) is 0. The van der Waals surface area contributed by atoms with Crippen LogP contribution in [0.1, 0.15) is 19.3 Å². The van der Waals surface area contributed by atoms with Gasteiger partial charge in [-0.25, -0.2) is 9.59 Å². The third-order valence-corrected chi connectivity index (χ3v) is 2.70. The van der Waals surface area contributed by atoms with Crippen molar-refractivity contribution in [1.82, 2.24) is 0 Å². The second kappa shape index (κ2) is 7.00. The molecule has 0 aliphatic rings. The molecule has 0 fully saturated rings. The first-order valence-corrected chi connectivity index (χ1v) is 5.66. The summed E-state index contributed by atoms with van der Waals surface area (Å²) in [5, 5.41) is 17.0. The van der Waals surface area contributed by atoms with Crippen LogP contribution in [0.3, 0.4) is 0 Å². The van der Waals surface area contributed by atoms with Crippen LogP contribution >= 0.6 is 11.3 Å². The van der Waals surface area contributed by atoms with Gasteiger partial charge in [-0.15, -0.1) is 11.3 Å². The van der Waals surface area contributed by atoms with Crippen LogP contribution in [0, 0.1) is 0 Å². The Bertz CT molecular complexity index is 351. The molecule has 0 aliphatic carbocycles. The Kier molecular flexibility index (Phi) is 5.61. The van der Waals surface area contributed by atoms with Crippen LogP contribution in [0.15, 0.2) is 12.1 Å². The lowest BCUT2D eigenvalue weighted by molar-refractivity contribution is 0.0434.